The highest BCUT2D eigenvalue weighted by Crippen LogP contribution is 2.36. The van der Waals surface area contributed by atoms with E-state index < -0.39 is 0 Å². The van der Waals surface area contributed by atoms with Crippen LogP contribution in [0, 0.1) is 0 Å². The van der Waals surface area contributed by atoms with E-state index in [1.807, 2.05) is 30.5 Å². The zero-order valence-corrected chi connectivity index (χ0v) is 7.71. The third-order valence-electron chi connectivity index (χ3n) is 2.01. The van der Waals surface area contributed by atoms with Crippen molar-refractivity contribution in [3.63, 3.8) is 0 Å². The van der Waals surface area contributed by atoms with Gasteiger partial charge in [0.25, 0.3) is 5.88 Å². The van der Waals surface area contributed by atoms with Crippen LogP contribution in [0.2, 0.25) is 0 Å². The first-order valence-corrected chi connectivity index (χ1v) is 4.99. The van der Waals surface area contributed by atoms with Gasteiger partial charge < -0.3 is 9.72 Å². The van der Waals surface area contributed by atoms with Gasteiger partial charge in [-0.3, -0.25) is 0 Å². The van der Waals surface area contributed by atoms with E-state index in [1.165, 1.54) is 21.6 Å². The third-order valence-corrected chi connectivity index (χ3v) is 3.21. The lowest BCUT2D eigenvalue weighted by Gasteiger charge is -2.08. The molecule has 2 heterocycles. The molecule has 0 saturated carbocycles. The summed E-state index contributed by atoms with van der Waals surface area (Å²) in [5.41, 5.74) is 0. The lowest BCUT2D eigenvalue weighted by atomic mass is 10.3. The second-order valence-corrected chi connectivity index (χ2v) is 4.06. The van der Waals surface area contributed by atoms with Gasteiger partial charge in [-0.25, -0.2) is 0 Å². The van der Waals surface area contributed by atoms with Crippen molar-refractivity contribution in [3.8, 4) is 11.6 Å². The van der Waals surface area contributed by atoms with Crippen molar-refractivity contribution in [3.05, 3.63) is 36.5 Å². The molecule has 0 radical (unpaired) electrons. The van der Waals surface area contributed by atoms with Gasteiger partial charge in [0.1, 0.15) is 0 Å². The number of fused-ring (bicyclic) bond motifs is 2. The largest absolute Gasteiger partial charge is 0.431 e. The molecule has 1 aromatic heterocycles. The molecule has 0 atom stereocenters. The van der Waals surface area contributed by atoms with Crippen LogP contribution in [0.15, 0.2) is 46.3 Å². The molecule has 13 heavy (non-hydrogen) atoms. The zero-order chi connectivity index (χ0) is 8.67. The van der Waals surface area contributed by atoms with Gasteiger partial charge in [-0.05, 0) is 12.1 Å². The van der Waals surface area contributed by atoms with Crippen molar-refractivity contribution in [2.75, 3.05) is 0 Å². The Hall–Kier alpha value is -1.35. The summed E-state index contributed by atoms with van der Waals surface area (Å²) in [4.78, 5) is 5.51. The Morgan fingerprint density at radius 2 is 2.00 bits per heavy atom. The summed E-state index contributed by atoms with van der Waals surface area (Å²) in [5, 5.41) is 0. The second-order valence-electron chi connectivity index (χ2n) is 2.87. The first kappa shape index (κ1) is 7.09. The predicted molar refractivity (Wildman–Crippen MR) is 52.6 cm³/mol. The van der Waals surface area contributed by atoms with Crippen LogP contribution in [-0.4, -0.2) is 4.98 Å². The minimum atomic E-state index is 0.875. The highest BCUT2D eigenvalue weighted by atomic mass is 32.2. The van der Waals surface area contributed by atoms with Gasteiger partial charge in [-0.2, -0.15) is 0 Å². The number of para-hydroxylation sites is 1. The number of H-pyrrole nitrogens is 1. The topological polar surface area (TPSA) is 25.0 Å². The van der Waals surface area contributed by atoms with E-state index in [9.17, 15) is 0 Å². The first-order valence-electron chi connectivity index (χ1n) is 4.09. The van der Waals surface area contributed by atoms with Crippen LogP contribution >= 0.6 is 0 Å². The Balaban J connectivity index is 2.14. The molecule has 64 valence electrons. The second kappa shape index (κ2) is 2.57. The first-order chi connectivity index (χ1) is 6.43. The molecule has 1 N–H and O–H groups in total. The summed E-state index contributed by atoms with van der Waals surface area (Å²) in [7, 11) is 0. The smallest absolute Gasteiger partial charge is 0.254 e. The van der Waals surface area contributed by atoms with E-state index in [-0.39, 0.29) is 0 Å². The van der Waals surface area contributed by atoms with E-state index in [0.29, 0.717) is 0 Å². The van der Waals surface area contributed by atoms with E-state index in [2.05, 4.69) is 11.1 Å². The summed E-state index contributed by atoms with van der Waals surface area (Å²) in [6, 6.07) is 10.2. The van der Waals surface area contributed by atoms with Crippen LogP contribution in [0.1, 0.15) is 0 Å². The van der Waals surface area contributed by atoms with Gasteiger partial charge >= 0.3 is 0 Å². The van der Waals surface area contributed by atoms with Crippen molar-refractivity contribution >= 4 is 11.8 Å². The van der Waals surface area contributed by atoms with Crippen LogP contribution in [-0.2, 0) is 11.8 Å². The van der Waals surface area contributed by atoms with Crippen LogP contribution < -0.4 is 4.74 Å². The number of hydrogen-bond acceptors (Lipinski definition) is 1. The van der Waals surface area contributed by atoms with Gasteiger partial charge in [0.2, 0.25) is 9.79 Å². The predicted octanol–water partition coefficient (Wildman–Crippen LogP) is 2.35. The third kappa shape index (κ3) is 1.04. The van der Waals surface area contributed by atoms with Crippen LogP contribution in [0.4, 0.5) is 0 Å². The minimum Gasteiger partial charge on any atom is -0.431 e. The summed E-state index contributed by atoms with van der Waals surface area (Å²) in [6.07, 6.45) is 1.91. The molecule has 2 aromatic rings. The van der Waals surface area contributed by atoms with Crippen molar-refractivity contribution in [2.24, 2.45) is 0 Å². The fourth-order valence-corrected chi connectivity index (χ4v) is 2.40. The molecule has 1 aliphatic heterocycles. The van der Waals surface area contributed by atoms with Gasteiger partial charge in [0, 0.05) is 12.3 Å². The Labute approximate surface area is 79.9 Å². The quantitative estimate of drug-likeness (QED) is 0.427. The fourth-order valence-electron chi connectivity index (χ4n) is 1.39. The number of aromatic nitrogens is 1. The Morgan fingerprint density at radius 1 is 1.08 bits per heavy atom. The molecule has 0 aliphatic carbocycles. The molecular formula is C10H8NOS+. The van der Waals surface area contributed by atoms with Crippen molar-refractivity contribution in [1.29, 1.82) is 0 Å². The molecule has 3 rings (SSSR count). The number of aromatic amines is 1. The molecule has 2 nitrogen and oxygen atoms in total. The van der Waals surface area contributed by atoms with Crippen LogP contribution in [0.5, 0.6) is 11.6 Å². The molecule has 0 unspecified atom stereocenters. The maximum atomic E-state index is 5.65. The lowest BCUT2D eigenvalue weighted by molar-refractivity contribution is 0.439. The summed E-state index contributed by atoms with van der Waals surface area (Å²) in [5.74, 6) is 1.83. The van der Waals surface area contributed by atoms with Crippen LogP contribution in [0.3, 0.4) is 0 Å². The maximum absolute atomic E-state index is 5.65. The average Bonchev–Trinajstić information content (AvgIpc) is 2.61. The molecule has 0 spiro atoms. The number of nitrogens with one attached hydrogen (secondary N) is 1. The fraction of sp³-hybridized carbons (Fsp3) is 0. The van der Waals surface area contributed by atoms with Crippen molar-refractivity contribution < 1.29 is 4.74 Å². The summed E-state index contributed by atoms with van der Waals surface area (Å²) >= 11 is 1.22. The molecule has 1 aromatic carbocycles. The van der Waals surface area contributed by atoms with Crippen LogP contribution in [0.25, 0.3) is 0 Å². The minimum absolute atomic E-state index is 0.875. The molecule has 0 saturated heterocycles. The highest BCUT2D eigenvalue weighted by Gasteiger charge is 2.25. The average molecular weight is 190 g/mol. The monoisotopic (exact) mass is 190 g/mol. The van der Waals surface area contributed by atoms with E-state index in [1.54, 1.807) is 0 Å². The van der Waals surface area contributed by atoms with Gasteiger partial charge in [-0.15, -0.1) is 0 Å². The molecular weight excluding hydrogens is 182 g/mol. The molecule has 1 aliphatic rings. The number of benzene rings is 1. The number of rotatable bonds is 0. The maximum Gasteiger partial charge on any atom is 0.254 e. The normalized spacial score (nSPS) is 12.9. The van der Waals surface area contributed by atoms with E-state index in [4.69, 9.17) is 4.74 Å². The van der Waals surface area contributed by atoms with Gasteiger partial charge in [0.15, 0.2) is 5.75 Å². The highest BCUT2D eigenvalue weighted by molar-refractivity contribution is 7.79. The summed E-state index contributed by atoms with van der Waals surface area (Å²) < 4.78 is 5.65. The van der Waals surface area contributed by atoms with E-state index >= 15 is 0 Å². The standard InChI is InChI=1S/C10H7NOS/c1-2-4-8-7(3-1)12-10-9(13-8)5-6-11-10/h1-6,11H/p+1. The number of hydrogen-bond donors (Lipinski definition) is 1. The molecule has 0 amide bonds. The number of thiol groups is 1. The molecule has 0 fully saturated rings. The Kier molecular flexibility index (Phi) is 1.40. The Bertz CT molecular complexity index is 410. The Morgan fingerprint density at radius 3 is 3.00 bits per heavy atom. The number of ether oxygens (including phenoxy) is 1. The van der Waals surface area contributed by atoms with Crippen molar-refractivity contribution in [1.82, 2.24) is 4.98 Å². The van der Waals surface area contributed by atoms with Gasteiger partial charge in [-0.1, -0.05) is 12.1 Å². The molecule has 0 bridgehead atoms. The van der Waals surface area contributed by atoms with Crippen molar-refractivity contribution in [2.45, 2.75) is 9.79 Å². The lowest BCUT2D eigenvalue weighted by Crippen LogP contribution is -1.98. The summed E-state index contributed by atoms with van der Waals surface area (Å²) in [6.45, 7) is 0. The van der Waals surface area contributed by atoms with E-state index in [0.717, 1.165) is 11.6 Å². The zero-order valence-electron chi connectivity index (χ0n) is 6.82. The molecule has 3 heteroatoms. The van der Waals surface area contributed by atoms with Gasteiger partial charge in [0.05, 0.1) is 11.8 Å². The SMILES string of the molecule is c1ccc2c(c1)Oc1[nH]ccc1[SH+]2.